The van der Waals surface area contributed by atoms with Gasteiger partial charge in [-0.2, -0.15) is 0 Å². The lowest BCUT2D eigenvalue weighted by Crippen LogP contribution is -2.10. The van der Waals surface area contributed by atoms with Gasteiger partial charge in [-0.3, -0.25) is 4.79 Å². The molecule has 0 radical (unpaired) electrons. The number of ether oxygens (including phenoxy) is 1. The van der Waals surface area contributed by atoms with E-state index in [0.29, 0.717) is 27.9 Å². The maximum Gasteiger partial charge on any atom is 0.344 e. The Labute approximate surface area is 131 Å². The van der Waals surface area contributed by atoms with E-state index in [-0.39, 0.29) is 5.91 Å². The van der Waals surface area contributed by atoms with E-state index in [4.69, 9.17) is 4.74 Å². The van der Waals surface area contributed by atoms with Crippen LogP contribution in [0.4, 0.5) is 5.69 Å². The van der Waals surface area contributed by atoms with Crippen LogP contribution in [0.25, 0.3) is 0 Å². The lowest BCUT2D eigenvalue weighted by molar-refractivity contribution is -0.115. The molecular formula is C16H14BrNO3. The minimum Gasteiger partial charge on any atom is -0.423 e. The van der Waals surface area contributed by atoms with E-state index >= 15 is 0 Å². The third kappa shape index (κ3) is 4.16. The molecule has 1 N–H and O–H groups in total. The van der Waals surface area contributed by atoms with Gasteiger partial charge in [0.05, 0.1) is 5.56 Å². The van der Waals surface area contributed by atoms with Gasteiger partial charge >= 0.3 is 5.97 Å². The van der Waals surface area contributed by atoms with Crippen molar-refractivity contribution in [3.8, 4) is 5.75 Å². The Balaban J connectivity index is 2.05. The molecule has 2 rings (SSSR count). The first kappa shape index (κ1) is 15.3. The predicted octanol–water partition coefficient (Wildman–Crippen LogP) is 4.02. The topological polar surface area (TPSA) is 55.4 Å². The summed E-state index contributed by atoms with van der Waals surface area (Å²) in [5, 5.41) is 2.73. The summed E-state index contributed by atoms with van der Waals surface area (Å²) in [5.74, 6) is -0.0777. The van der Waals surface area contributed by atoms with E-state index in [0.717, 1.165) is 0 Å². The van der Waals surface area contributed by atoms with E-state index in [1.165, 1.54) is 0 Å². The van der Waals surface area contributed by atoms with E-state index in [9.17, 15) is 9.59 Å². The van der Waals surface area contributed by atoms with Crippen molar-refractivity contribution in [1.82, 2.24) is 0 Å². The molecule has 0 spiro atoms. The van der Waals surface area contributed by atoms with Crippen molar-refractivity contribution >= 4 is 33.5 Å². The highest BCUT2D eigenvalue weighted by molar-refractivity contribution is 9.10. The average molecular weight is 348 g/mol. The fraction of sp³-hybridized carbons (Fsp3) is 0.125. The predicted molar refractivity (Wildman–Crippen MR) is 84.5 cm³/mol. The Bertz CT molecular complexity index is 653. The molecule has 0 bridgehead atoms. The molecule has 0 aliphatic carbocycles. The molecule has 0 atom stereocenters. The largest absolute Gasteiger partial charge is 0.423 e. The molecule has 0 unspecified atom stereocenters. The average Bonchev–Trinajstić information content (AvgIpc) is 2.49. The molecule has 2 aromatic carbocycles. The normalized spacial score (nSPS) is 10.0. The molecule has 4 nitrogen and oxygen atoms in total. The lowest BCUT2D eigenvalue weighted by Gasteiger charge is -2.07. The van der Waals surface area contributed by atoms with E-state index < -0.39 is 5.97 Å². The van der Waals surface area contributed by atoms with Gasteiger partial charge in [0.1, 0.15) is 5.75 Å². The van der Waals surface area contributed by atoms with Crippen LogP contribution in [-0.4, -0.2) is 11.9 Å². The van der Waals surface area contributed by atoms with Crippen molar-refractivity contribution in [3.63, 3.8) is 0 Å². The standard InChI is InChI=1S/C16H14BrNO3/c1-2-15(19)18-11-7-9-12(10-8-11)21-16(20)13-5-3-4-6-14(13)17/h3-10H,2H2,1H3,(H,18,19). The van der Waals surface area contributed by atoms with E-state index in [1.807, 2.05) is 6.07 Å². The molecule has 2 aromatic rings. The lowest BCUT2D eigenvalue weighted by atomic mass is 10.2. The second-order valence-corrected chi connectivity index (χ2v) is 5.15. The SMILES string of the molecule is CCC(=O)Nc1ccc(OC(=O)c2ccccc2Br)cc1. The molecule has 0 aromatic heterocycles. The van der Waals surface area contributed by atoms with E-state index in [1.54, 1.807) is 49.4 Å². The van der Waals surface area contributed by atoms with E-state index in [2.05, 4.69) is 21.2 Å². The number of hydrogen-bond acceptors (Lipinski definition) is 3. The molecule has 0 heterocycles. The molecule has 0 saturated heterocycles. The van der Waals surface area contributed by atoms with Crippen molar-refractivity contribution in [2.75, 3.05) is 5.32 Å². The molecule has 1 amide bonds. The van der Waals surface area contributed by atoms with Gasteiger partial charge in [0.25, 0.3) is 0 Å². The van der Waals surface area contributed by atoms with Crippen LogP contribution in [0.3, 0.4) is 0 Å². The number of esters is 1. The fourth-order valence-electron chi connectivity index (χ4n) is 1.64. The molecule has 0 aliphatic rings. The van der Waals surface area contributed by atoms with Gasteiger partial charge in [0.15, 0.2) is 0 Å². The maximum atomic E-state index is 12.0. The molecule has 108 valence electrons. The number of benzene rings is 2. The molecule has 21 heavy (non-hydrogen) atoms. The van der Waals surface area contributed by atoms with Crippen LogP contribution in [0, 0.1) is 0 Å². The summed E-state index contributed by atoms with van der Waals surface area (Å²) in [4.78, 5) is 23.3. The number of halogens is 1. The highest BCUT2D eigenvalue weighted by Gasteiger charge is 2.11. The number of carbonyl (C=O) groups excluding carboxylic acids is 2. The number of carbonyl (C=O) groups is 2. The first-order valence-electron chi connectivity index (χ1n) is 6.46. The van der Waals surface area contributed by atoms with Crippen LogP contribution in [0.5, 0.6) is 5.75 Å². The first-order valence-corrected chi connectivity index (χ1v) is 7.26. The van der Waals surface area contributed by atoms with Crippen LogP contribution < -0.4 is 10.1 Å². The van der Waals surface area contributed by atoms with Crippen LogP contribution in [0.2, 0.25) is 0 Å². The molecule has 0 fully saturated rings. The molecular weight excluding hydrogens is 334 g/mol. The monoisotopic (exact) mass is 347 g/mol. The zero-order valence-corrected chi connectivity index (χ0v) is 13.0. The van der Waals surface area contributed by atoms with Crippen LogP contribution >= 0.6 is 15.9 Å². The van der Waals surface area contributed by atoms with Crippen LogP contribution in [0.1, 0.15) is 23.7 Å². The van der Waals surface area contributed by atoms with Crippen molar-refractivity contribution in [2.24, 2.45) is 0 Å². The minimum absolute atomic E-state index is 0.0621. The zero-order chi connectivity index (χ0) is 15.2. The Kier molecular flexibility index (Phi) is 5.11. The molecule has 0 aliphatic heterocycles. The minimum atomic E-state index is -0.437. The van der Waals surface area contributed by atoms with Crippen molar-refractivity contribution in [3.05, 3.63) is 58.6 Å². The van der Waals surface area contributed by atoms with Gasteiger partial charge in [-0.1, -0.05) is 19.1 Å². The number of rotatable bonds is 4. The number of nitrogens with one attached hydrogen (secondary N) is 1. The highest BCUT2D eigenvalue weighted by Crippen LogP contribution is 2.20. The third-order valence-corrected chi connectivity index (χ3v) is 3.46. The second-order valence-electron chi connectivity index (χ2n) is 4.30. The Morgan fingerprint density at radius 1 is 1.10 bits per heavy atom. The summed E-state index contributed by atoms with van der Waals surface area (Å²) in [5.41, 5.74) is 1.13. The summed E-state index contributed by atoms with van der Waals surface area (Å²) in [7, 11) is 0. The quantitative estimate of drug-likeness (QED) is 0.671. The fourth-order valence-corrected chi connectivity index (χ4v) is 2.09. The summed E-state index contributed by atoms with van der Waals surface area (Å²) >= 11 is 3.31. The van der Waals surface area contributed by atoms with Crippen molar-refractivity contribution in [1.29, 1.82) is 0 Å². The van der Waals surface area contributed by atoms with Crippen molar-refractivity contribution < 1.29 is 14.3 Å². The van der Waals surface area contributed by atoms with Gasteiger partial charge in [-0.05, 0) is 52.3 Å². The smallest absolute Gasteiger partial charge is 0.344 e. The number of hydrogen-bond donors (Lipinski definition) is 1. The van der Waals surface area contributed by atoms with Gasteiger partial charge in [0, 0.05) is 16.6 Å². The summed E-state index contributed by atoms with van der Waals surface area (Å²) in [6.45, 7) is 1.78. The third-order valence-electron chi connectivity index (χ3n) is 2.76. The number of amides is 1. The second kappa shape index (κ2) is 7.04. The van der Waals surface area contributed by atoms with Gasteiger partial charge < -0.3 is 10.1 Å². The van der Waals surface area contributed by atoms with Crippen molar-refractivity contribution in [2.45, 2.75) is 13.3 Å². The first-order chi connectivity index (χ1) is 10.1. The zero-order valence-electron chi connectivity index (χ0n) is 11.4. The van der Waals surface area contributed by atoms with Crippen LogP contribution in [-0.2, 0) is 4.79 Å². The van der Waals surface area contributed by atoms with Crippen LogP contribution in [0.15, 0.2) is 53.0 Å². The summed E-state index contributed by atoms with van der Waals surface area (Å²) < 4.78 is 5.97. The van der Waals surface area contributed by atoms with Gasteiger partial charge in [0.2, 0.25) is 5.91 Å². The number of anilines is 1. The maximum absolute atomic E-state index is 12.0. The molecule has 0 saturated carbocycles. The van der Waals surface area contributed by atoms with Gasteiger partial charge in [-0.25, -0.2) is 4.79 Å². The highest BCUT2D eigenvalue weighted by atomic mass is 79.9. The Hall–Kier alpha value is -2.14. The van der Waals surface area contributed by atoms with Gasteiger partial charge in [-0.15, -0.1) is 0 Å². The summed E-state index contributed by atoms with van der Waals surface area (Å²) in [6, 6.07) is 13.7. The molecule has 5 heteroatoms. The Morgan fingerprint density at radius 3 is 2.38 bits per heavy atom. The Morgan fingerprint density at radius 2 is 1.76 bits per heavy atom. The summed E-state index contributed by atoms with van der Waals surface area (Å²) in [6.07, 6.45) is 0.415.